The van der Waals surface area contributed by atoms with Crippen LogP contribution in [0.25, 0.3) is 0 Å². The zero-order valence-electron chi connectivity index (χ0n) is 20.2. The maximum absolute atomic E-state index is 14.0. The van der Waals surface area contributed by atoms with E-state index in [4.69, 9.17) is 5.11 Å². The zero-order chi connectivity index (χ0) is 24.2. The van der Waals surface area contributed by atoms with Gasteiger partial charge in [0.2, 0.25) is 5.91 Å². The van der Waals surface area contributed by atoms with E-state index in [9.17, 15) is 14.7 Å². The van der Waals surface area contributed by atoms with Crippen molar-refractivity contribution >= 4 is 12.0 Å². The van der Waals surface area contributed by atoms with Crippen molar-refractivity contribution in [2.75, 3.05) is 19.7 Å². The number of carbonyl (C=O) groups excluding carboxylic acids is 1. The lowest BCUT2D eigenvalue weighted by Gasteiger charge is -2.39. The van der Waals surface area contributed by atoms with Crippen LogP contribution in [0, 0.1) is 19.8 Å². The molecule has 1 saturated carbocycles. The molecule has 0 radical (unpaired) electrons. The molecule has 2 fully saturated rings. The number of likely N-dealkylation sites (tertiary alicyclic amines) is 1. The molecule has 4 rings (SSSR count). The van der Waals surface area contributed by atoms with Gasteiger partial charge in [-0.15, -0.1) is 0 Å². The van der Waals surface area contributed by atoms with E-state index >= 15 is 0 Å². The van der Waals surface area contributed by atoms with E-state index in [1.165, 1.54) is 16.0 Å². The van der Waals surface area contributed by atoms with Crippen molar-refractivity contribution < 1.29 is 19.8 Å². The molecule has 2 unspecified atom stereocenters. The minimum absolute atomic E-state index is 0.00477. The van der Waals surface area contributed by atoms with Gasteiger partial charge in [-0.05, 0) is 79.7 Å². The van der Waals surface area contributed by atoms with Gasteiger partial charge >= 0.3 is 6.09 Å². The van der Waals surface area contributed by atoms with Gasteiger partial charge in [-0.2, -0.15) is 0 Å². The predicted molar refractivity (Wildman–Crippen MR) is 132 cm³/mol. The molecule has 6 heteroatoms. The van der Waals surface area contributed by atoms with E-state index in [2.05, 4.69) is 50.2 Å². The first kappa shape index (κ1) is 24.3. The number of aliphatic hydroxyl groups excluding tert-OH is 1. The van der Waals surface area contributed by atoms with Gasteiger partial charge in [0.05, 0.1) is 5.92 Å². The summed E-state index contributed by atoms with van der Waals surface area (Å²) in [6, 6.07) is 14.8. The third kappa shape index (κ3) is 5.44. The topological polar surface area (TPSA) is 81.1 Å². The molecule has 6 nitrogen and oxygen atoms in total. The van der Waals surface area contributed by atoms with E-state index in [0.29, 0.717) is 19.5 Å². The van der Waals surface area contributed by atoms with Crippen molar-refractivity contribution in [1.29, 1.82) is 0 Å². The van der Waals surface area contributed by atoms with Gasteiger partial charge in [0.1, 0.15) is 0 Å². The van der Waals surface area contributed by atoms with E-state index in [1.807, 2.05) is 11.0 Å². The number of aliphatic hydroxyl groups is 1. The molecule has 1 aliphatic heterocycles. The summed E-state index contributed by atoms with van der Waals surface area (Å²) in [5.41, 5.74) is 5.86. The molecule has 2 atom stereocenters. The third-order valence-corrected chi connectivity index (χ3v) is 7.56. The number of amides is 2. The predicted octanol–water partition coefficient (Wildman–Crippen LogP) is 4.50. The SMILES string of the molecule is Cc1cccc(CN(C(=O)C2CN(C(=O)O)CCC2c2ccc(CCCO)cc2)C2CC2)c1C. The van der Waals surface area contributed by atoms with E-state index in [-0.39, 0.29) is 36.9 Å². The second-order valence-electron chi connectivity index (χ2n) is 9.86. The Morgan fingerprint density at radius 2 is 1.79 bits per heavy atom. The second kappa shape index (κ2) is 10.6. The number of hydrogen-bond donors (Lipinski definition) is 2. The summed E-state index contributed by atoms with van der Waals surface area (Å²) in [4.78, 5) is 29.2. The molecule has 0 bridgehead atoms. The quantitative estimate of drug-likeness (QED) is 0.603. The highest BCUT2D eigenvalue weighted by Gasteiger charge is 2.42. The van der Waals surface area contributed by atoms with Crippen LogP contribution in [-0.2, 0) is 17.8 Å². The summed E-state index contributed by atoms with van der Waals surface area (Å²) in [5.74, 6) is -0.322. The van der Waals surface area contributed by atoms with Gasteiger partial charge < -0.3 is 20.0 Å². The summed E-state index contributed by atoms with van der Waals surface area (Å²) in [7, 11) is 0. The Kier molecular flexibility index (Phi) is 7.57. The highest BCUT2D eigenvalue weighted by Crippen LogP contribution is 2.38. The van der Waals surface area contributed by atoms with Crippen LogP contribution in [0.1, 0.15) is 59.4 Å². The number of piperidine rings is 1. The van der Waals surface area contributed by atoms with Crippen molar-refractivity contribution in [2.24, 2.45) is 5.92 Å². The van der Waals surface area contributed by atoms with Gasteiger partial charge in [-0.25, -0.2) is 4.79 Å². The lowest BCUT2D eigenvalue weighted by Crippen LogP contribution is -2.49. The van der Waals surface area contributed by atoms with Crippen molar-refractivity contribution in [3.8, 4) is 0 Å². The maximum Gasteiger partial charge on any atom is 0.407 e. The molecule has 2 aromatic carbocycles. The van der Waals surface area contributed by atoms with Crippen LogP contribution >= 0.6 is 0 Å². The number of nitrogens with zero attached hydrogens (tertiary/aromatic N) is 2. The van der Waals surface area contributed by atoms with Crippen molar-refractivity contribution in [3.63, 3.8) is 0 Å². The standard InChI is InChI=1S/C28H36N2O4/c1-19-5-3-7-23(20(19)2)17-30(24-12-13-24)27(32)26-18-29(28(33)34)15-14-25(26)22-10-8-21(9-11-22)6-4-16-31/h3,5,7-11,24-26,31H,4,6,12-18H2,1-2H3,(H,33,34). The minimum atomic E-state index is -0.955. The molecule has 1 aliphatic carbocycles. The lowest BCUT2D eigenvalue weighted by atomic mass is 9.79. The van der Waals surface area contributed by atoms with Gasteiger partial charge in [-0.3, -0.25) is 4.79 Å². The Morgan fingerprint density at radius 1 is 1.06 bits per heavy atom. The molecular weight excluding hydrogens is 428 g/mol. The van der Waals surface area contributed by atoms with Crippen LogP contribution in [0.15, 0.2) is 42.5 Å². The number of rotatable bonds is 8. The smallest absolute Gasteiger partial charge is 0.407 e. The normalized spacial score (nSPS) is 20.3. The molecule has 2 amide bonds. The number of carbonyl (C=O) groups is 2. The van der Waals surface area contributed by atoms with Crippen LogP contribution in [0.2, 0.25) is 0 Å². The van der Waals surface area contributed by atoms with Crippen LogP contribution in [0.4, 0.5) is 4.79 Å². The summed E-state index contributed by atoms with van der Waals surface area (Å²) >= 11 is 0. The fraction of sp³-hybridized carbons (Fsp3) is 0.500. The molecule has 2 N–H and O–H groups in total. The average Bonchev–Trinajstić information content (AvgIpc) is 3.68. The fourth-order valence-corrected chi connectivity index (χ4v) is 5.14. The molecule has 0 spiro atoms. The Labute approximate surface area is 202 Å². The number of hydrogen-bond acceptors (Lipinski definition) is 3. The highest BCUT2D eigenvalue weighted by molar-refractivity contribution is 5.82. The van der Waals surface area contributed by atoms with Crippen LogP contribution in [0.5, 0.6) is 0 Å². The number of carboxylic acid groups (broad SMARTS) is 1. The first-order valence-electron chi connectivity index (χ1n) is 12.4. The van der Waals surface area contributed by atoms with Gasteiger partial charge in [-0.1, -0.05) is 42.5 Å². The zero-order valence-corrected chi connectivity index (χ0v) is 20.2. The van der Waals surface area contributed by atoms with Gasteiger partial charge in [0, 0.05) is 32.3 Å². The molecule has 2 aromatic rings. The maximum atomic E-state index is 14.0. The first-order chi connectivity index (χ1) is 16.4. The summed E-state index contributed by atoms with van der Waals surface area (Å²) in [6.45, 7) is 5.62. The molecule has 1 saturated heterocycles. The lowest BCUT2D eigenvalue weighted by molar-refractivity contribution is -0.139. The molecule has 2 aliphatic rings. The molecule has 34 heavy (non-hydrogen) atoms. The Morgan fingerprint density at radius 3 is 2.44 bits per heavy atom. The third-order valence-electron chi connectivity index (χ3n) is 7.56. The monoisotopic (exact) mass is 464 g/mol. The summed E-state index contributed by atoms with van der Waals surface area (Å²) < 4.78 is 0. The van der Waals surface area contributed by atoms with E-state index in [1.54, 1.807) is 0 Å². The van der Waals surface area contributed by atoms with E-state index < -0.39 is 6.09 Å². The van der Waals surface area contributed by atoms with Crippen molar-refractivity contribution in [1.82, 2.24) is 9.80 Å². The molecule has 1 heterocycles. The first-order valence-corrected chi connectivity index (χ1v) is 12.4. The van der Waals surface area contributed by atoms with Gasteiger partial charge in [0.15, 0.2) is 0 Å². The Balaban J connectivity index is 1.59. The molecule has 0 aromatic heterocycles. The number of aryl methyl sites for hydroxylation is 2. The molecule has 182 valence electrons. The van der Waals surface area contributed by atoms with Crippen LogP contribution in [0.3, 0.4) is 0 Å². The van der Waals surface area contributed by atoms with Crippen molar-refractivity contribution in [2.45, 2.75) is 64.5 Å². The van der Waals surface area contributed by atoms with Crippen LogP contribution < -0.4 is 0 Å². The Bertz CT molecular complexity index is 1020. The summed E-state index contributed by atoms with van der Waals surface area (Å²) in [5, 5.41) is 18.8. The van der Waals surface area contributed by atoms with E-state index in [0.717, 1.165) is 42.4 Å². The number of benzene rings is 2. The Hall–Kier alpha value is -2.86. The molecular formula is C28H36N2O4. The summed E-state index contributed by atoms with van der Waals surface area (Å²) in [6.07, 6.45) is 3.25. The van der Waals surface area contributed by atoms with Gasteiger partial charge in [0.25, 0.3) is 0 Å². The van der Waals surface area contributed by atoms with Crippen molar-refractivity contribution in [3.05, 3.63) is 70.3 Å². The fourth-order valence-electron chi connectivity index (χ4n) is 5.14. The highest BCUT2D eigenvalue weighted by atomic mass is 16.4. The van der Waals surface area contributed by atoms with Crippen LogP contribution in [-0.4, -0.2) is 57.8 Å². The second-order valence-corrected chi connectivity index (χ2v) is 9.86. The largest absolute Gasteiger partial charge is 0.465 e. The average molecular weight is 465 g/mol. The minimum Gasteiger partial charge on any atom is -0.465 e.